The molecule has 2 aromatic heterocycles. The monoisotopic (exact) mass is 284 g/mol. The van der Waals surface area contributed by atoms with Crippen molar-refractivity contribution in [2.75, 3.05) is 0 Å². The lowest BCUT2D eigenvalue weighted by Gasteiger charge is -2.08. The summed E-state index contributed by atoms with van der Waals surface area (Å²) in [6.45, 7) is 4.06. The normalized spacial score (nSPS) is 10.4. The Hall–Kier alpha value is -1.17. The standard InChI is InChI=1S/C11H9ClN2OS2/c1-2-5-14-7(6-10(16)13-11(14)15)8-3-4-9(12)17-8/h2-4,6H,1,5H2,(H,13,15,16). The number of halogens is 1. The van der Waals surface area contributed by atoms with Crippen molar-refractivity contribution < 1.29 is 0 Å². The molecule has 0 aliphatic carbocycles. The molecule has 3 nitrogen and oxygen atoms in total. The molecule has 0 radical (unpaired) electrons. The molecular formula is C11H9ClN2OS2. The van der Waals surface area contributed by atoms with Crippen molar-refractivity contribution in [3.8, 4) is 10.6 Å². The maximum Gasteiger partial charge on any atom is 0.327 e. The van der Waals surface area contributed by atoms with Crippen LogP contribution in [0.15, 0.2) is 35.6 Å². The highest BCUT2D eigenvalue weighted by Gasteiger charge is 2.08. The molecule has 17 heavy (non-hydrogen) atoms. The summed E-state index contributed by atoms with van der Waals surface area (Å²) in [6.07, 6.45) is 1.66. The van der Waals surface area contributed by atoms with Crippen LogP contribution in [-0.2, 0) is 6.54 Å². The zero-order valence-corrected chi connectivity index (χ0v) is 11.2. The van der Waals surface area contributed by atoms with Crippen molar-refractivity contribution >= 4 is 35.2 Å². The second kappa shape index (κ2) is 5.00. The van der Waals surface area contributed by atoms with Crippen LogP contribution in [0.4, 0.5) is 0 Å². The third-order valence-corrected chi connectivity index (χ3v) is 3.64. The Balaban J connectivity index is 2.70. The fourth-order valence-corrected chi connectivity index (χ4v) is 2.75. The van der Waals surface area contributed by atoms with E-state index in [2.05, 4.69) is 11.6 Å². The van der Waals surface area contributed by atoms with E-state index in [-0.39, 0.29) is 5.69 Å². The molecule has 0 aliphatic rings. The van der Waals surface area contributed by atoms with Crippen LogP contribution >= 0.6 is 35.2 Å². The van der Waals surface area contributed by atoms with E-state index in [4.69, 9.17) is 23.8 Å². The number of thiophene rings is 1. The quantitative estimate of drug-likeness (QED) is 0.692. The van der Waals surface area contributed by atoms with Crippen molar-refractivity contribution in [3.63, 3.8) is 0 Å². The van der Waals surface area contributed by atoms with Gasteiger partial charge in [-0.05, 0) is 18.2 Å². The molecule has 2 heterocycles. The average molecular weight is 285 g/mol. The van der Waals surface area contributed by atoms with Gasteiger partial charge in [-0.25, -0.2) is 4.79 Å². The summed E-state index contributed by atoms with van der Waals surface area (Å²) in [5, 5.41) is 0. The van der Waals surface area contributed by atoms with Crippen LogP contribution < -0.4 is 5.69 Å². The number of hydrogen-bond donors (Lipinski definition) is 1. The highest BCUT2D eigenvalue weighted by Crippen LogP contribution is 2.30. The summed E-state index contributed by atoms with van der Waals surface area (Å²) < 4.78 is 2.66. The Morgan fingerprint density at radius 2 is 2.35 bits per heavy atom. The molecule has 1 N–H and O–H groups in total. The first-order valence-electron chi connectivity index (χ1n) is 4.82. The smallest absolute Gasteiger partial charge is 0.298 e. The number of nitrogens with one attached hydrogen (secondary N) is 1. The molecule has 0 bridgehead atoms. The van der Waals surface area contributed by atoms with Gasteiger partial charge in [-0.2, -0.15) is 0 Å². The van der Waals surface area contributed by atoms with Crippen molar-refractivity contribution in [3.05, 3.63) is 50.3 Å². The van der Waals surface area contributed by atoms with E-state index in [1.165, 1.54) is 11.3 Å². The number of rotatable bonds is 3. The van der Waals surface area contributed by atoms with Crippen LogP contribution in [0, 0.1) is 4.64 Å². The van der Waals surface area contributed by atoms with Crippen LogP contribution in [0.2, 0.25) is 4.34 Å². The predicted molar refractivity (Wildman–Crippen MR) is 74.4 cm³/mol. The number of nitrogens with zero attached hydrogens (tertiary/aromatic N) is 1. The van der Waals surface area contributed by atoms with E-state index in [9.17, 15) is 4.79 Å². The minimum absolute atomic E-state index is 0.239. The van der Waals surface area contributed by atoms with Gasteiger partial charge in [0.25, 0.3) is 0 Å². The number of aromatic amines is 1. The summed E-state index contributed by atoms with van der Waals surface area (Å²) in [7, 11) is 0. The molecule has 0 unspecified atom stereocenters. The Labute approximate surface area is 112 Å². The second-order valence-electron chi connectivity index (χ2n) is 3.33. The lowest BCUT2D eigenvalue weighted by atomic mass is 10.3. The number of H-pyrrole nitrogens is 1. The summed E-state index contributed by atoms with van der Waals surface area (Å²) in [4.78, 5) is 15.3. The van der Waals surface area contributed by atoms with Crippen molar-refractivity contribution in [1.29, 1.82) is 0 Å². The van der Waals surface area contributed by atoms with Gasteiger partial charge in [0, 0.05) is 6.54 Å². The van der Waals surface area contributed by atoms with E-state index >= 15 is 0 Å². The molecule has 0 fully saturated rings. The first-order valence-corrected chi connectivity index (χ1v) is 6.43. The van der Waals surface area contributed by atoms with Crippen molar-refractivity contribution in [2.24, 2.45) is 0 Å². The van der Waals surface area contributed by atoms with Gasteiger partial charge in [0.2, 0.25) is 0 Å². The molecule has 0 saturated heterocycles. The van der Waals surface area contributed by atoms with Gasteiger partial charge in [0.05, 0.1) is 14.9 Å². The number of hydrogen-bond acceptors (Lipinski definition) is 3. The Bertz CT molecular complexity index is 669. The zero-order valence-electron chi connectivity index (χ0n) is 8.77. The van der Waals surface area contributed by atoms with Gasteiger partial charge >= 0.3 is 5.69 Å². The Kier molecular flexibility index (Phi) is 3.61. The van der Waals surface area contributed by atoms with E-state index < -0.39 is 0 Å². The Morgan fingerprint density at radius 3 is 2.94 bits per heavy atom. The second-order valence-corrected chi connectivity index (χ2v) is 5.48. The predicted octanol–water partition coefficient (Wildman–Crippen LogP) is 3.47. The minimum Gasteiger partial charge on any atom is -0.298 e. The van der Waals surface area contributed by atoms with Crippen LogP contribution in [0.3, 0.4) is 0 Å². The van der Waals surface area contributed by atoms with Crippen LogP contribution in [0.1, 0.15) is 0 Å². The number of aromatic nitrogens is 2. The molecule has 6 heteroatoms. The molecule has 88 valence electrons. The Morgan fingerprint density at radius 1 is 1.59 bits per heavy atom. The van der Waals surface area contributed by atoms with Gasteiger partial charge in [0.1, 0.15) is 4.64 Å². The van der Waals surface area contributed by atoms with E-state index in [0.29, 0.717) is 15.5 Å². The van der Waals surface area contributed by atoms with Gasteiger partial charge in [0.15, 0.2) is 0 Å². The largest absolute Gasteiger partial charge is 0.327 e. The first-order chi connectivity index (χ1) is 8.11. The number of allylic oxidation sites excluding steroid dienone is 1. The highest BCUT2D eigenvalue weighted by atomic mass is 35.5. The van der Waals surface area contributed by atoms with Crippen LogP contribution in [-0.4, -0.2) is 9.55 Å². The molecule has 0 atom stereocenters. The van der Waals surface area contributed by atoms with Crippen molar-refractivity contribution in [1.82, 2.24) is 9.55 Å². The van der Waals surface area contributed by atoms with Gasteiger partial charge in [-0.1, -0.05) is 29.9 Å². The lowest BCUT2D eigenvalue weighted by molar-refractivity contribution is 0.752. The third-order valence-electron chi connectivity index (χ3n) is 2.17. The molecular weight excluding hydrogens is 276 g/mol. The van der Waals surface area contributed by atoms with Gasteiger partial charge < -0.3 is 0 Å². The summed E-state index contributed by atoms with van der Waals surface area (Å²) in [5.74, 6) is 0. The fraction of sp³-hybridized carbons (Fsp3) is 0.0909. The van der Waals surface area contributed by atoms with Gasteiger partial charge in [-0.3, -0.25) is 9.55 Å². The van der Waals surface area contributed by atoms with E-state index in [1.54, 1.807) is 22.8 Å². The maximum absolute atomic E-state index is 11.8. The molecule has 0 aromatic carbocycles. The lowest BCUT2D eigenvalue weighted by Crippen LogP contribution is -2.23. The van der Waals surface area contributed by atoms with Crippen molar-refractivity contribution in [2.45, 2.75) is 6.54 Å². The van der Waals surface area contributed by atoms with E-state index in [0.717, 1.165) is 10.6 Å². The molecule has 0 spiro atoms. The maximum atomic E-state index is 11.8. The summed E-state index contributed by atoms with van der Waals surface area (Å²) in [6, 6.07) is 5.42. The van der Waals surface area contributed by atoms with Crippen LogP contribution in [0.5, 0.6) is 0 Å². The first kappa shape index (κ1) is 12.3. The fourth-order valence-electron chi connectivity index (χ4n) is 1.49. The third kappa shape index (κ3) is 2.57. The highest BCUT2D eigenvalue weighted by molar-refractivity contribution is 7.71. The molecule has 0 saturated carbocycles. The molecule has 0 aliphatic heterocycles. The van der Waals surface area contributed by atoms with Crippen LogP contribution in [0.25, 0.3) is 10.6 Å². The summed E-state index contributed by atoms with van der Waals surface area (Å²) >= 11 is 12.3. The molecule has 2 aromatic rings. The van der Waals surface area contributed by atoms with Gasteiger partial charge in [-0.15, -0.1) is 17.9 Å². The average Bonchev–Trinajstić information content (AvgIpc) is 2.68. The molecule has 2 rings (SSSR count). The molecule has 0 amide bonds. The zero-order chi connectivity index (χ0) is 12.4. The SMILES string of the molecule is C=CCn1c(-c2ccc(Cl)s2)cc(=S)[nH]c1=O. The van der Waals surface area contributed by atoms with E-state index in [1.807, 2.05) is 6.07 Å². The minimum atomic E-state index is -0.239. The topological polar surface area (TPSA) is 37.8 Å². The summed E-state index contributed by atoms with van der Waals surface area (Å²) in [5.41, 5.74) is 0.521.